The van der Waals surface area contributed by atoms with Crippen LogP contribution in [-0.2, 0) is 16.9 Å². The zero-order valence-corrected chi connectivity index (χ0v) is 18.3. The zero-order valence-electron chi connectivity index (χ0n) is 18.3. The molecule has 1 N–H and O–H groups in total. The van der Waals surface area contributed by atoms with Crippen molar-refractivity contribution in [3.63, 3.8) is 0 Å². The Morgan fingerprint density at radius 1 is 1.16 bits per heavy atom. The molecule has 1 aromatic carbocycles. The summed E-state index contributed by atoms with van der Waals surface area (Å²) in [6, 6.07) is 4.70. The summed E-state index contributed by atoms with van der Waals surface area (Å²) in [6.07, 6.45) is -3.19. The molecular formula is C21H24F3N5O3. The van der Waals surface area contributed by atoms with E-state index >= 15 is 0 Å². The zero-order chi connectivity index (χ0) is 23.8. The summed E-state index contributed by atoms with van der Waals surface area (Å²) in [6.45, 7) is 9.22. The number of amides is 1. The Morgan fingerprint density at radius 3 is 2.31 bits per heavy atom. The lowest BCUT2D eigenvalue weighted by Crippen LogP contribution is -2.34. The third-order valence-corrected chi connectivity index (χ3v) is 4.56. The van der Waals surface area contributed by atoms with Gasteiger partial charge in [0.2, 0.25) is 5.91 Å². The number of nitrogens with one attached hydrogen (secondary N) is 1. The molecule has 8 nitrogen and oxygen atoms in total. The average Bonchev–Trinajstić information content (AvgIpc) is 3.10. The smallest absolute Gasteiger partial charge is 0.406 e. The Labute approximate surface area is 182 Å². The monoisotopic (exact) mass is 451 g/mol. The highest BCUT2D eigenvalue weighted by Gasteiger charge is 2.31. The predicted molar refractivity (Wildman–Crippen MR) is 113 cm³/mol. The molecule has 0 saturated carbocycles. The molecule has 0 atom stereocenters. The van der Waals surface area contributed by atoms with Crippen LogP contribution in [0.4, 0.5) is 18.9 Å². The number of nitrogens with zero attached hydrogens (tertiary/aromatic N) is 4. The summed E-state index contributed by atoms with van der Waals surface area (Å²) in [5.74, 6) is -0.984. The summed E-state index contributed by atoms with van der Waals surface area (Å²) in [7, 11) is 0. The fraction of sp³-hybridized carbons (Fsp3) is 0.429. The lowest BCUT2D eigenvalue weighted by Gasteiger charge is -2.21. The molecule has 3 aromatic rings. The van der Waals surface area contributed by atoms with Gasteiger partial charge >= 0.3 is 6.36 Å². The second-order valence-corrected chi connectivity index (χ2v) is 8.61. The summed E-state index contributed by atoms with van der Waals surface area (Å²) in [5.41, 5.74) is 0.328. The number of carbonyl (C=O) groups excluding carboxylic acids is 1. The fourth-order valence-electron chi connectivity index (χ4n) is 3.21. The molecular weight excluding hydrogens is 427 g/mol. The average molecular weight is 451 g/mol. The van der Waals surface area contributed by atoms with Crippen LogP contribution in [0.25, 0.3) is 10.9 Å². The van der Waals surface area contributed by atoms with Gasteiger partial charge in [-0.1, -0.05) is 13.8 Å². The van der Waals surface area contributed by atoms with Gasteiger partial charge in [-0.05, 0) is 51.0 Å². The molecule has 0 bridgehead atoms. The molecule has 172 valence electrons. The molecule has 0 saturated heterocycles. The minimum Gasteiger partial charge on any atom is -0.406 e. The molecule has 1 amide bonds. The highest BCUT2D eigenvalue weighted by Crippen LogP contribution is 2.25. The molecule has 2 heterocycles. The number of carbonyl (C=O) groups is 1. The van der Waals surface area contributed by atoms with E-state index in [1.807, 2.05) is 34.6 Å². The van der Waals surface area contributed by atoms with Crippen molar-refractivity contribution in [3.05, 3.63) is 46.5 Å². The number of hydrogen-bond acceptors (Lipinski definition) is 5. The van der Waals surface area contributed by atoms with Crippen molar-refractivity contribution in [2.45, 2.75) is 59.0 Å². The Morgan fingerprint density at radius 2 is 1.78 bits per heavy atom. The second kappa shape index (κ2) is 8.29. The Balaban J connectivity index is 1.89. The first kappa shape index (κ1) is 23.3. The van der Waals surface area contributed by atoms with Crippen LogP contribution in [-0.4, -0.2) is 31.8 Å². The van der Waals surface area contributed by atoms with Crippen LogP contribution in [0, 0.1) is 0 Å². The molecule has 0 aliphatic heterocycles. The Hall–Kier alpha value is -3.37. The van der Waals surface area contributed by atoms with Crippen molar-refractivity contribution in [1.29, 1.82) is 0 Å². The predicted octanol–water partition coefficient (Wildman–Crippen LogP) is 4.01. The maximum Gasteiger partial charge on any atom is 0.573 e. The van der Waals surface area contributed by atoms with Gasteiger partial charge in [0.15, 0.2) is 0 Å². The van der Waals surface area contributed by atoms with Crippen molar-refractivity contribution in [2.75, 3.05) is 5.32 Å². The van der Waals surface area contributed by atoms with E-state index in [-0.39, 0.29) is 18.2 Å². The maximum absolute atomic E-state index is 13.1. The number of anilines is 1. The number of benzene rings is 1. The van der Waals surface area contributed by atoms with Gasteiger partial charge in [-0.25, -0.2) is 4.68 Å². The Bertz CT molecular complexity index is 1190. The molecule has 3 rings (SSSR count). The molecule has 2 aromatic heterocycles. The lowest BCUT2D eigenvalue weighted by atomic mass is 10.1. The van der Waals surface area contributed by atoms with Gasteiger partial charge in [0.1, 0.15) is 17.8 Å². The van der Waals surface area contributed by atoms with Gasteiger partial charge in [0.25, 0.3) is 5.56 Å². The molecule has 0 unspecified atom stereocenters. The van der Waals surface area contributed by atoms with Gasteiger partial charge in [-0.15, -0.1) is 13.2 Å². The first-order valence-corrected chi connectivity index (χ1v) is 9.91. The first-order chi connectivity index (χ1) is 14.8. The standard InChI is InChI=1S/C21H24F3N5O3/c1-12(2)17-15-10-25-29(20(3,4)5)18(15)19(31)28(27-17)11-16(30)26-13-6-8-14(9-7-13)32-21(22,23)24/h6-10,12H,11H2,1-5H3,(H,26,30). The van der Waals surface area contributed by atoms with Crippen molar-refractivity contribution >= 4 is 22.5 Å². The summed E-state index contributed by atoms with van der Waals surface area (Å²) in [5, 5.41) is 11.9. The van der Waals surface area contributed by atoms with Crippen LogP contribution >= 0.6 is 0 Å². The van der Waals surface area contributed by atoms with Crippen LogP contribution in [0.3, 0.4) is 0 Å². The van der Waals surface area contributed by atoms with E-state index in [9.17, 15) is 22.8 Å². The van der Waals surface area contributed by atoms with E-state index < -0.39 is 29.1 Å². The molecule has 0 radical (unpaired) electrons. The second-order valence-electron chi connectivity index (χ2n) is 8.61. The van der Waals surface area contributed by atoms with E-state index in [4.69, 9.17) is 0 Å². The molecule has 32 heavy (non-hydrogen) atoms. The number of aromatic nitrogens is 4. The van der Waals surface area contributed by atoms with Crippen LogP contribution in [0.2, 0.25) is 0 Å². The van der Waals surface area contributed by atoms with Crippen molar-refractivity contribution in [1.82, 2.24) is 19.6 Å². The van der Waals surface area contributed by atoms with Crippen LogP contribution in [0.15, 0.2) is 35.3 Å². The minimum absolute atomic E-state index is 0.0220. The van der Waals surface area contributed by atoms with Crippen LogP contribution in [0.5, 0.6) is 5.75 Å². The van der Waals surface area contributed by atoms with Gasteiger partial charge in [-0.2, -0.15) is 10.2 Å². The topological polar surface area (TPSA) is 91.0 Å². The highest BCUT2D eigenvalue weighted by atomic mass is 19.4. The molecule has 11 heteroatoms. The largest absolute Gasteiger partial charge is 0.573 e. The van der Waals surface area contributed by atoms with E-state index in [1.54, 1.807) is 10.9 Å². The van der Waals surface area contributed by atoms with Crippen LogP contribution < -0.4 is 15.6 Å². The number of rotatable bonds is 5. The molecule has 0 aliphatic rings. The number of ether oxygens (including phenoxy) is 1. The highest BCUT2D eigenvalue weighted by molar-refractivity contribution is 5.90. The third kappa shape index (κ3) is 5.09. The summed E-state index contributed by atoms with van der Waals surface area (Å²) < 4.78 is 43.3. The van der Waals surface area contributed by atoms with Crippen molar-refractivity contribution in [2.24, 2.45) is 0 Å². The van der Waals surface area contributed by atoms with Crippen molar-refractivity contribution in [3.8, 4) is 5.75 Å². The number of halogens is 3. The third-order valence-electron chi connectivity index (χ3n) is 4.56. The van der Waals surface area contributed by atoms with E-state index in [0.717, 1.165) is 16.8 Å². The van der Waals surface area contributed by atoms with Gasteiger partial charge < -0.3 is 10.1 Å². The summed E-state index contributed by atoms with van der Waals surface area (Å²) >= 11 is 0. The molecule has 0 spiro atoms. The maximum atomic E-state index is 13.1. The van der Waals surface area contributed by atoms with Crippen LogP contribution in [0.1, 0.15) is 46.2 Å². The first-order valence-electron chi connectivity index (χ1n) is 9.91. The number of alkyl halides is 3. The van der Waals surface area contributed by atoms with Crippen molar-refractivity contribution < 1.29 is 22.7 Å². The van der Waals surface area contributed by atoms with Gasteiger partial charge in [0.05, 0.1) is 17.4 Å². The quantitative estimate of drug-likeness (QED) is 0.633. The van der Waals surface area contributed by atoms with E-state index in [2.05, 4.69) is 20.3 Å². The normalized spacial score (nSPS) is 12.4. The summed E-state index contributed by atoms with van der Waals surface area (Å²) in [4.78, 5) is 25.7. The lowest BCUT2D eigenvalue weighted by molar-refractivity contribution is -0.274. The van der Waals surface area contributed by atoms with E-state index in [0.29, 0.717) is 16.6 Å². The minimum atomic E-state index is -4.80. The van der Waals surface area contributed by atoms with Gasteiger partial charge in [0, 0.05) is 11.1 Å². The van der Waals surface area contributed by atoms with E-state index in [1.165, 1.54) is 12.1 Å². The molecule has 0 aliphatic carbocycles. The Kier molecular flexibility index (Phi) is 6.03. The fourth-order valence-corrected chi connectivity index (χ4v) is 3.21. The number of hydrogen-bond donors (Lipinski definition) is 1. The number of fused-ring (bicyclic) bond motifs is 1. The van der Waals surface area contributed by atoms with Gasteiger partial charge in [-0.3, -0.25) is 14.3 Å². The molecule has 0 fully saturated rings. The SMILES string of the molecule is CC(C)c1nn(CC(=O)Nc2ccc(OC(F)(F)F)cc2)c(=O)c2c1cnn2C(C)(C)C.